The fourth-order valence-electron chi connectivity index (χ4n) is 5.98. The standard InChI is InChI=1S/C32H52N2O7/c1-4-5-6-7-8-9-10-11-12-16-21-37-25-32-29(40-31(2,3)41-32)28(27(39-32)24-34-19-22-36-23-20-34)38-30(35)33-26-17-14-13-15-18-26/h13-15,17-18,27-29H,4-12,16,19-25H2,1-3H3,(H,33,35). The lowest BCUT2D eigenvalue weighted by molar-refractivity contribution is -0.279. The molecule has 9 heteroatoms. The highest BCUT2D eigenvalue weighted by Crippen LogP contribution is 2.47. The molecule has 4 rings (SSSR count). The number of para-hydroxylation sites is 1. The minimum atomic E-state index is -1.14. The van der Waals surface area contributed by atoms with Crippen molar-refractivity contribution in [3.05, 3.63) is 30.3 Å². The lowest BCUT2D eigenvalue weighted by atomic mass is 10.0. The van der Waals surface area contributed by atoms with Crippen LogP contribution in [0, 0.1) is 0 Å². The van der Waals surface area contributed by atoms with Crippen LogP contribution >= 0.6 is 0 Å². The Morgan fingerprint density at radius 1 is 0.951 bits per heavy atom. The van der Waals surface area contributed by atoms with Crippen molar-refractivity contribution < 1.29 is 33.2 Å². The summed E-state index contributed by atoms with van der Waals surface area (Å²) < 4.78 is 37.0. The van der Waals surface area contributed by atoms with Crippen LogP contribution in [0.3, 0.4) is 0 Å². The predicted octanol–water partition coefficient (Wildman–Crippen LogP) is 6.12. The Morgan fingerprint density at radius 2 is 1.61 bits per heavy atom. The molecule has 1 aromatic rings. The molecule has 1 aromatic carbocycles. The van der Waals surface area contributed by atoms with Crippen LogP contribution in [0.15, 0.2) is 30.3 Å². The van der Waals surface area contributed by atoms with E-state index in [4.69, 9.17) is 28.4 Å². The largest absolute Gasteiger partial charge is 0.440 e. The first-order chi connectivity index (χ1) is 19.9. The van der Waals surface area contributed by atoms with Crippen molar-refractivity contribution in [2.45, 2.75) is 115 Å². The van der Waals surface area contributed by atoms with Gasteiger partial charge in [-0.15, -0.1) is 0 Å². The average molecular weight is 577 g/mol. The number of hydrogen-bond acceptors (Lipinski definition) is 8. The van der Waals surface area contributed by atoms with Crippen molar-refractivity contribution in [1.29, 1.82) is 0 Å². The molecule has 0 aromatic heterocycles. The summed E-state index contributed by atoms with van der Waals surface area (Å²) in [7, 11) is 0. The van der Waals surface area contributed by atoms with E-state index in [0.717, 1.165) is 25.9 Å². The van der Waals surface area contributed by atoms with E-state index >= 15 is 0 Å². The zero-order chi connectivity index (χ0) is 29.0. The van der Waals surface area contributed by atoms with Gasteiger partial charge in [-0.25, -0.2) is 4.79 Å². The van der Waals surface area contributed by atoms with Gasteiger partial charge in [-0.1, -0.05) is 82.9 Å². The van der Waals surface area contributed by atoms with Crippen LogP contribution in [0.4, 0.5) is 10.5 Å². The van der Waals surface area contributed by atoms with Gasteiger partial charge < -0.3 is 28.4 Å². The molecular weight excluding hydrogens is 524 g/mol. The molecule has 3 saturated heterocycles. The Morgan fingerprint density at radius 3 is 2.29 bits per heavy atom. The molecule has 4 unspecified atom stereocenters. The Bertz CT molecular complexity index is 895. The monoisotopic (exact) mass is 576 g/mol. The van der Waals surface area contributed by atoms with Gasteiger partial charge in [-0.2, -0.15) is 0 Å². The molecule has 0 bridgehead atoms. The Hall–Kier alpha value is -1.75. The number of morpholine rings is 1. The second kappa shape index (κ2) is 16.2. The van der Waals surface area contributed by atoms with Gasteiger partial charge in [-0.3, -0.25) is 10.2 Å². The van der Waals surface area contributed by atoms with Crippen molar-refractivity contribution in [2.75, 3.05) is 51.4 Å². The van der Waals surface area contributed by atoms with Gasteiger partial charge in [0.25, 0.3) is 0 Å². The summed E-state index contributed by atoms with van der Waals surface area (Å²) in [6, 6.07) is 9.27. The minimum Gasteiger partial charge on any atom is -0.440 e. The van der Waals surface area contributed by atoms with Crippen LogP contribution < -0.4 is 5.32 Å². The van der Waals surface area contributed by atoms with E-state index in [1.165, 1.54) is 51.4 Å². The number of carbonyl (C=O) groups excluding carboxylic acids is 1. The molecule has 4 atom stereocenters. The summed E-state index contributed by atoms with van der Waals surface area (Å²) in [5.74, 6) is -2.04. The van der Waals surface area contributed by atoms with Crippen molar-refractivity contribution >= 4 is 11.8 Å². The van der Waals surface area contributed by atoms with Crippen LogP contribution in [0.5, 0.6) is 0 Å². The minimum absolute atomic E-state index is 0.221. The number of unbranched alkanes of at least 4 members (excludes halogenated alkanes) is 9. The molecule has 232 valence electrons. The van der Waals surface area contributed by atoms with E-state index < -0.39 is 36.0 Å². The number of carbonyl (C=O) groups is 1. The maximum Gasteiger partial charge on any atom is 0.412 e. The average Bonchev–Trinajstić information content (AvgIpc) is 3.36. The summed E-state index contributed by atoms with van der Waals surface area (Å²) in [5, 5.41) is 2.82. The summed E-state index contributed by atoms with van der Waals surface area (Å²) in [6.07, 6.45) is 10.5. The van der Waals surface area contributed by atoms with Crippen molar-refractivity contribution in [3.8, 4) is 0 Å². The smallest absolute Gasteiger partial charge is 0.412 e. The summed E-state index contributed by atoms with van der Waals surface area (Å²) in [4.78, 5) is 15.3. The first kappa shape index (κ1) is 32.2. The maximum absolute atomic E-state index is 13.0. The molecule has 0 saturated carbocycles. The SMILES string of the molecule is CCCCCCCCCCCCOCC12OC(CN3CCOCC3)C(OC(=O)Nc3ccccc3)C1OC(C)(C)O2. The molecule has 3 fully saturated rings. The molecule has 1 N–H and O–H groups in total. The van der Waals surface area contributed by atoms with Gasteiger partial charge in [0.1, 0.15) is 12.7 Å². The number of amides is 1. The number of anilines is 1. The maximum atomic E-state index is 13.0. The number of nitrogens with zero attached hydrogens (tertiary/aromatic N) is 1. The number of fused-ring (bicyclic) bond motifs is 1. The number of hydrogen-bond donors (Lipinski definition) is 1. The highest BCUT2D eigenvalue weighted by molar-refractivity contribution is 5.84. The Labute approximate surface area is 246 Å². The van der Waals surface area contributed by atoms with Gasteiger partial charge in [0.2, 0.25) is 5.79 Å². The number of rotatable bonds is 17. The van der Waals surface area contributed by atoms with E-state index in [1.54, 1.807) is 0 Å². The van der Waals surface area contributed by atoms with Gasteiger partial charge in [0.15, 0.2) is 18.0 Å². The third kappa shape index (κ3) is 9.90. The first-order valence-corrected chi connectivity index (χ1v) is 15.9. The highest BCUT2D eigenvalue weighted by atomic mass is 16.9. The van der Waals surface area contributed by atoms with E-state index in [0.29, 0.717) is 32.1 Å². The van der Waals surface area contributed by atoms with Crippen molar-refractivity contribution in [1.82, 2.24) is 4.90 Å². The quantitative estimate of drug-likeness (QED) is 0.222. The Kier molecular flexibility index (Phi) is 12.7. The molecule has 3 aliphatic heterocycles. The van der Waals surface area contributed by atoms with Crippen molar-refractivity contribution in [2.24, 2.45) is 0 Å². The van der Waals surface area contributed by atoms with E-state index in [2.05, 4.69) is 17.1 Å². The third-order valence-electron chi connectivity index (χ3n) is 8.03. The third-order valence-corrected chi connectivity index (χ3v) is 8.03. The highest BCUT2D eigenvalue weighted by Gasteiger charge is 2.66. The van der Waals surface area contributed by atoms with Crippen LogP contribution in [0.2, 0.25) is 0 Å². The summed E-state index contributed by atoms with van der Waals surface area (Å²) in [6.45, 7) is 10.3. The molecule has 0 radical (unpaired) electrons. The molecule has 0 aliphatic carbocycles. The molecule has 0 spiro atoms. The first-order valence-electron chi connectivity index (χ1n) is 15.9. The van der Waals surface area contributed by atoms with Crippen LogP contribution in [0.25, 0.3) is 0 Å². The fraction of sp³-hybridized carbons (Fsp3) is 0.781. The number of ether oxygens (including phenoxy) is 6. The van der Waals surface area contributed by atoms with E-state index in [-0.39, 0.29) is 6.61 Å². The molecule has 3 heterocycles. The van der Waals surface area contributed by atoms with Gasteiger partial charge in [-0.05, 0) is 32.4 Å². The topological polar surface area (TPSA) is 87.7 Å². The second-order valence-electron chi connectivity index (χ2n) is 12.0. The lowest BCUT2D eigenvalue weighted by Crippen LogP contribution is -2.47. The zero-order valence-corrected chi connectivity index (χ0v) is 25.4. The normalized spacial score (nSPS) is 27.5. The fourth-order valence-corrected chi connectivity index (χ4v) is 5.98. The summed E-state index contributed by atoms with van der Waals surface area (Å²) >= 11 is 0. The number of benzene rings is 1. The Balaban J connectivity index is 1.31. The van der Waals surface area contributed by atoms with Crippen LogP contribution in [-0.2, 0) is 28.4 Å². The van der Waals surface area contributed by atoms with Crippen LogP contribution in [-0.4, -0.2) is 86.9 Å². The predicted molar refractivity (Wildman–Crippen MR) is 158 cm³/mol. The summed E-state index contributed by atoms with van der Waals surface area (Å²) in [5.41, 5.74) is 0.663. The van der Waals surface area contributed by atoms with Gasteiger partial charge in [0.05, 0.1) is 13.2 Å². The molecule has 1 amide bonds. The second-order valence-corrected chi connectivity index (χ2v) is 12.0. The zero-order valence-electron chi connectivity index (χ0n) is 25.4. The molecule has 3 aliphatic rings. The molecule has 9 nitrogen and oxygen atoms in total. The molecule has 41 heavy (non-hydrogen) atoms. The van der Waals surface area contributed by atoms with Crippen LogP contribution in [0.1, 0.15) is 85.0 Å². The number of nitrogens with one attached hydrogen (secondary N) is 1. The lowest BCUT2D eigenvalue weighted by Gasteiger charge is -2.33. The van der Waals surface area contributed by atoms with E-state index in [9.17, 15) is 4.79 Å². The van der Waals surface area contributed by atoms with E-state index in [1.807, 2.05) is 44.2 Å². The van der Waals surface area contributed by atoms with Gasteiger partial charge >= 0.3 is 6.09 Å². The molecular formula is C32H52N2O7. The van der Waals surface area contributed by atoms with Crippen molar-refractivity contribution in [3.63, 3.8) is 0 Å². The van der Waals surface area contributed by atoms with Gasteiger partial charge in [0, 0.05) is 31.9 Å².